The second-order valence-corrected chi connectivity index (χ2v) is 6.78. The van der Waals surface area contributed by atoms with Gasteiger partial charge in [0.05, 0.1) is 8.67 Å². The number of rotatable bonds is 4. The highest BCUT2D eigenvalue weighted by molar-refractivity contribution is 7.20. The number of hydrogen-bond acceptors (Lipinski definition) is 3. The van der Waals surface area contributed by atoms with Crippen LogP contribution in [0.2, 0.25) is 8.67 Å². The molecule has 0 amide bonds. The van der Waals surface area contributed by atoms with Crippen LogP contribution in [0.1, 0.15) is 23.4 Å². The molecule has 0 radical (unpaired) electrons. The zero-order chi connectivity index (χ0) is 11.5. The van der Waals surface area contributed by atoms with Gasteiger partial charge in [0.2, 0.25) is 0 Å². The standard InChI is InChI=1S/C11H11Cl2NS2/c1-7(9-5-10(12)16-11(9)13)14-6-8-3-2-4-15-8/h2-5,7,14H,6H2,1H3. The van der Waals surface area contributed by atoms with Gasteiger partial charge < -0.3 is 5.32 Å². The molecule has 2 aromatic rings. The molecular weight excluding hydrogens is 281 g/mol. The van der Waals surface area contributed by atoms with Gasteiger partial charge in [-0.2, -0.15) is 0 Å². The molecule has 0 fully saturated rings. The van der Waals surface area contributed by atoms with Gasteiger partial charge in [0.1, 0.15) is 0 Å². The number of nitrogens with one attached hydrogen (secondary N) is 1. The fraction of sp³-hybridized carbons (Fsp3) is 0.273. The maximum absolute atomic E-state index is 6.10. The minimum atomic E-state index is 0.221. The lowest BCUT2D eigenvalue weighted by molar-refractivity contribution is 0.580. The molecule has 1 atom stereocenters. The van der Waals surface area contributed by atoms with E-state index < -0.39 is 0 Å². The smallest absolute Gasteiger partial charge is 0.0991 e. The molecule has 0 aliphatic rings. The summed E-state index contributed by atoms with van der Waals surface area (Å²) in [6.07, 6.45) is 0. The molecule has 2 aromatic heterocycles. The molecule has 0 spiro atoms. The zero-order valence-electron chi connectivity index (χ0n) is 8.67. The molecule has 0 saturated heterocycles. The van der Waals surface area contributed by atoms with Crippen LogP contribution in [-0.4, -0.2) is 0 Å². The molecule has 2 heterocycles. The van der Waals surface area contributed by atoms with Crippen molar-refractivity contribution in [2.45, 2.75) is 19.5 Å². The summed E-state index contributed by atoms with van der Waals surface area (Å²) >= 11 is 15.2. The molecule has 1 unspecified atom stereocenters. The van der Waals surface area contributed by atoms with E-state index in [1.165, 1.54) is 16.2 Å². The van der Waals surface area contributed by atoms with Crippen LogP contribution in [0.4, 0.5) is 0 Å². The minimum Gasteiger partial charge on any atom is -0.305 e. The van der Waals surface area contributed by atoms with Gasteiger partial charge in [0.15, 0.2) is 0 Å². The zero-order valence-corrected chi connectivity index (χ0v) is 11.8. The lowest BCUT2D eigenvalue weighted by Gasteiger charge is -2.12. The van der Waals surface area contributed by atoms with E-state index in [1.54, 1.807) is 11.3 Å². The summed E-state index contributed by atoms with van der Waals surface area (Å²) in [6.45, 7) is 2.96. The Morgan fingerprint density at radius 2 is 2.25 bits per heavy atom. The minimum absolute atomic E-state index is 0.221. The first-order chi connectivity index (χ1) is 7.66. The summed E-state index contributed by atoms with van der Waals surface area (Å²) in [4.78, 5) is 1.32. The van der Waals surface area contributed by atoms with E-state index in [1.807, 2.05) is 6.07 Å². The number of halogens is 2. The first kappa shape index (κ1) is 12.4. The van der Waals surface area contributed by atoms with Crippen LogP contribution in [0.3, 0.4) is 0 Å². The van der Waals surface area contributed by atoms with Crippen LogP contribution < -0.4 is 5.32 Å². The molecule has 1 nitrogen and oxygen atoms in total. The van der Waals surface area contributed by atoms with Gasteiger partial charge in [0, 0.05) is 17.5 Å². The first-order valence-electron chi connectivity index (χ1n) is 4.87. The van der Waals surface area contributed by atoms with Gasteiger partial charge in [-0.25, -0.2) is 0 Å². The van der Waals surface area contributed by atoms with E-state index in [9.17, 15) is 0 Å². The Bertz CT molecular complexity index is 451. The van der Waals surface area contributed by atoms with E-state index in [0.717, 1.165) is 20.8 Å². The summed E-state index contributed by atoms with van der Waals surface area (Å²) < 4.78 is 1.51. The van der Waals surface area contributed by atoms with Gasteiger partial charge in [-0.15, -0.1) is 22.7 Å². The second-order valence-electron chi connectivity index (χ2n) is 3.46. The average Bonchev–Trinajstić information content (AvgIpc) is 2.84. The van der Waals surface area contributed by atoms with Crippen molar-refractivity contribution in [3.05, 3.63) is 42.7 Å². The molecule has 2 rings (SSSR count). The number of thiophene rings is 2. The van der Waals surface area contributed by atoms with Crippen LogP contribution in [0, 0.1) is 0 Å². The van der Waals surface area contributed by atoms with Crippen LogP contribution in [0.15, 0.2) is 23.6 Å². The summed E-state index contributed by atoms with van der Waals surface area (Å²) in [7, 11) is 0. The maximum Gasteiger partial charge on any atom is 0.0991 e. The monoisotopic (exact) mass is 291 g/mol. The van der Waals surface area contributed by atoms with Crippen molar-refractivity contribution in [1.82, 2.24) is 5.32 Å². The van der Waals surface area contributed by atoms with E-state index >= 15 is 0 Å². The van der Waals surface area contributed by atoms with Crippen LogP contribution in [-0.2, 0) is 6.54 Å². The molecule has 86 valence electrons. The SMILES string of the molecule is CC(NCc1cccs1)c1cc(Cl)sc1Cl. The molecule has 16 heavy (non-hydrogen) atoms. The summed E-state index contributed by atoms with van der Waals surface area (Å²) in [5.74, 6) is 0. The van der Waals surface area contributed by atoms with E-state index in [4.69, 9.17) is 23.2 Å². The van der Waals surface area contributed by atoms with Crippen molar-refractivity contribution >= 4 is 45.9 Å². The highest BCUT2D eigenvalue weighted by Gasteiger charge is 2.12. The highest BCUT2D eigenvalue weighted by atomic mass is 35.5. The predicted molar refractivity (Wildman–Crippen MR) is 73.9 cm³/mol. The van der Waals surface area contributed by atoms with E-state index in [2.05, 4.69) is 29.8 Å². The molecule has 0 bridgehead atoms. The van der Waals surface area contributed by atoms with Crippen molar-refractivity contribution in [2.24, 2.45) is 0 Å². The molecule has 0 aliphatic heterocycles. The molecule has 0 aliphatic carbocycles. The molecular formula is C11H11Cl2NS2. The fourth-order valence-corrected chi connectivity index (χ4v) is 3.73. The van der Waals surface area contributed by atoms with Gasteiger partial charge in [0.25, 0.3) is 0 Å². The van der Waals surface area contributed by atoms with Crippen molar-refractivity contribution in [3.63, 3.8) is 0 Å². The Balaban J connectivity index is 1.98. The number of hydrogen-bond donors (Lipinski definition) is 1. The Morgan fingerprint density at radius 3 is 2.81 bits per heavy atom. The lowest BCUT2D eigenvalue weighted by Crippen LogP contribution is -2.17. The van der Waals surface area contributed by atoms with Crippen LogP contribution >= 0.6 is 45.9 Å². The van der Waals surface area contributed by atoms with Gasteiger partial charge in [-0.3, -0.25) is 0 Å². The van der Waals surface area contributed by atoms with Gasteiger partial charge in [-0.05, 0) is 30.0 Å². The summed E-state index contributed by atoms with van der Waals surface area (Å²) in [6, 6.07) is 6.33. The largest absolute Gasteiger partial charge is 0.305 e. The molecule has 5 heteroatoms. The Labute approximate surface area is 113 Å². The predicted octanol–water partition coefficient (Wildman–Crippen LogP) is 4.97. The van der Waals surface area contributed by atoms with Crippen molar-refractivity contribution in [3.8, 4) is 0 Å². The van der Waals surface area contributed by atoms with E-state index in [-0.39, 0.29) is 6.04 Å². The second kappa shape index (κ2) is 5.52. The summed E-state index contributed by atoms with van der Waals surface area (Å²) in [5.41, 5.74) is 1.08. The molecule has 0 saturated carbocycles. The Hall–Kier alpha value is -0.0600. The van der Waals surface area contributed by atoms with Gasteiger partial charge in [-0.1, -0.05) is 29.3 Å². The molecule has 0 aromatic carbocycles. The lowest BCUT2D eigenvalue weighted by atomic mass is 10.2. The Morgan fingerprint density at radius 1 is 1.44 bits per heavy atom. The highest BCUT2D eigenvalue weighted by Crippen LogP contribution is 2.34. The Kier molecular flexibility index (Phi) is 4.27. The van der Waals surface area contributed by atoms with E-state index in [0.29, 0.717) is 0 Å². The van der Waals surface area contributed by atoms with Crippen molar-refractivity contribution in [2.75, 3.05) is 0 Å². The van der Waals surface area contributed by atoms with Crippen molar-refractivity contribution in [1.29, 1.82) is 0 Å². The normalized spacial score (nSPS) is 12.9. The third kappa shape index (κ3) is 2.99. The summed E-state index contributed by atoms with van der Waals surface area (Å²) in [5, 5.41) is 5.51. The topological polar surface area (TPSA) is 12.0 Å². The fourth-order valence-electron chi connectivity index (χ4n) is 1.43. The van der Waals surface area contributed by atoms with Crippen LogP contribution in [0.25, 0.3) is 0 Å². The maximum atomic E-state index is 6.10. The third-order valence-corrected chi connectivity index (χ3v) is 4.71. The first-order valence-corrected chi connectivity index (χ1v) is 7.32. The van der Waals surface area contributed by atoms with Gasteiger partial charge >= 0.3 is 0 Å². The van der Waals surface area contributed by atoms with Crippen LogP contribution in [0.5, 0.6) is 0 Å². The average molecular weight is 292 g/mol. The third-order valence-electron chi connectivity index (χ3n) is 2.31. The van der Waals surface area contributed by atoms with Crippen molar-refractivity contribution < 1.29 is 0 Å². The quantitative estimate of drug-likeness (QED) is 0.839. The molecule has 1 N–H and O–H groups in total.